The van der Waals surface area contributed by atoms with Gasteiger partial charge in [-0.3, -0.25) is 4.79 Å². The van der Waals surface area contributed by atoms with E-state index < -0.39 is 0 Å². The van der Waals surface area contributed by atoms with Gasteiger partial charge in [-0.2, -0.15) is 4.99 Å². The van der Waals surface area contributed by atoms with Gasteiger partial charge in [0.05, 0.1) is 3.57 Å². The monoisotopic (exact) mass is 331 g/mol. The molecule has 0 aromatic carbocycles. The fourth-order valence-corrected chi connectivity index (χ4v) is 2.09. The zero-order valence-electron chi connectivity index (χ0n) is 8.82. The molecule has 0 radical (unpaired) electrons. The van der Waals surface area contributed by atoms with E-state index in [0.29, 0.717) is 11.5 Å². The Labute approximate surface area is 106 Å². The maximum atomic E-state index is 11.5. The molecule has 0 saturated carbocycles. The zero-order chi connectivity index (χ0) is 11.9. The summed E-state index contributed by atoms with van der Waals surface area (Å²) in [6.07, 6.45) is 1.65. The molecule has 0 bridgehead atoms. The molecule has 0 saturated heterocycles. The van der Waals surface area contributed by atoms with E-state index in [1.54, 1.807) is 13.1 Å². The predicted octanol–water partition coefficient (Wildman–Crippen LogP) is 1.32. The van der Waals surface area contributed by atoms with Crippen molar-refractivity contribution in [2.75, 3.05) is 7.05 Å². The Bertz CT molecular complexity index is 516. The van der Waals surface area contributed by atoms with Crippen molar-refractivity contribution in [2.45, 2.75) is 6.92 Å². The van der Waals surface area contributed by atoms with Gasteiger partial charge in [-0.05, 0) is 35.6 Å². The number of carbonyl (C=O) groups is 1. The summed E-state index contributed by atoms with van der Waals surface area (Å²) in [6.45, 7) is 1.86. The van der Waals surface area contributed by atoms with E-state index in [1.165, 1.54) is 4.90 Å². The van der Waals surface area contributed by atoms with Gasteiger partial charge in [0.1, 0.15) is 17.2 Å². The summed E-state index contributed by atoms with van der Waals surface area (Å²) in [5, 5.41) is 0. The van der Waals surface area contributed by atoms with E-state index in [0.717, 1.165) is 9.33 Å². The SMILES string of the molecule is Cc1cc(I)c(/C=C2/C(=O)N=C(N)N2C)o1. The number of rotatable bonds is 1. The second kappa shape index (κ2) is 3.93. The van der Waals surface area contributed by atoms with Crippen molar-refractivity contribution < 1.29 is 9.21 Å². The van der Waals surface area contributed by atoms with Crippen molar-refractivity contribution in [1.29, 1.82) is 0 Å². The molecule has 2 rings (SSSR count). The highest BCUT2D eigenvalue weighted by molar-refractivity contribution is 14.1. The predicted molar refractivity (Wildman–Crippen MR) is 68.5 cm³/mol. The van der Waals surface area contributed by atoms with Gasteiger partial charge in [0.2, 0.25) is 5.96 Å². The maximum absolute atomic E-state index is 11.5. The molecule has 0 fully saturated rings. The largest absolute Gasteiger partial charge is 0.461 e. The molecule has 6 heteroatoms. The molecule has 1 amide bonds. The normalized spacial score (nSPS) is 18.4. The minimum absolute atomic E-state index is 0.203. The van der Waals surface area contributed by atoms with Crippen LogP contribution in [0.15, 0.2) is 21.2 Å². The summed E-state index contributed by atoms with van der Waals surface area (Å²) in [7, 11) is 1.69. The lowest BCUT2D eigenvalue weighted by atomic mass is 10.3. The van der Waals surface area contributed by atoms with Crippen LogP contribution in [0, 0.1) is 10.5 Å². The lowest BCUT2D eigenvalue weighted by Gasteiger charge is -2.10. The third-order valence-electron chi connectivity index (χ3n) is 2.24. The Morgan fingerprint density at radius 1 is 1.62 bits per heavy atom. The lowest BCUT2D eigenvalue weighted by molar-refractivity contribution is -0.114. The van der Waals surface area contributed by atoms with Crippen molar-refractivity contribution in [3.05, 3.63) is 26.9 Å². The molecule has 0 unspecified atom stereocenters. The number of carbonyl (C=O) groups excluding carboxylic acids is 1. The van der Waals surface area contributed by atoms with Crippen LogP contribution in [0.2, 0.25) is 0 Å². The number of hydrogen-bond acceptors (Lipinski definition) is 4. The van der Waals surface area contributed by atoms with Crippen LogP contribution in [0.25, 0.3) is 6.08 Å². The number of halogens is 1. The first kappa shape index (κ1) is 11.2. The zero-order valence-corrected chi connectivity index (χ0v) is 11.0. The fraction of sp³-hybridized carbons (Fsp3) is 0.200. The lowest BCUT2D eigenvalue weighted by Crippen LogP contribution is -2.28. The third-order valence-corrected chi connectivity index (χ3v) is 3.09. The second-order valence-corrected chi connectivity index (χ2v) is 4.60. The number of furan rings is 1. The van der Waals surface area contributed by atoms with Crippen LogP contribution >= 0.6 is 22.6 Å². The van der Waals surface area contributed by atoms with E-state index in [9.17, 15) is 4.79 Å². The van der Waals surface area contributed by atoms with Crippen LogP contribution in [-0.4, -0.2) is 23.8 Å². The summed E-state index contributed by atoms with van der Waals surface area (Å²) in [4.78, 5) is 16.7. The Hall–Kier alpha value is -1.31. The molecule has 0 spiro atoms. The first-order valence-electron chi connectivity index (χ1n) is 4.59. The Balaban J connectivity index is 2.40. The van der Waals surface area contributed by atoms with Gasteiger partial charge in [0.25, 0.3) is 5.91 Å². The Morgan fingerprint density at radius 3 is 2.75 bits per heavy atom. The average Bonchev–Trinajstić information content (AvgIpc) is 2.62. The highest BCUT2D eigenvalue weighted by Crippen LogP contribution is 2.22. The van der Waals surface area contributed by atoms with Crippen LogP contribution in [0.5, 0.6) is 0 Å². The van der Waals surface area contributed by atoms with E-state index in [-0.39, 0.29) is 11.9 Å². The van der Waals surface area contributed by atoms with Crippen LogP contribution < -0.4 is 5.73 Å². The van der Waals surface area contributed by atoms with Crippen molar-refractivity contribution in [1.82, 2.24) is 4.90 Å². The standard InChI is InChI=1S/C10H10IN3O2/c1-5-3-6(11)8(16-5)4-7-9(15)13-10(12)14(7)2/h3-4H,1-2H3,(H2,12,13,15)/b7-4-. The summed E-state index contributed by atoms with van der Waals surface area (Å²) in [6, 6.07) is 1.90. The minimum Gasteiger partial charge on any atom is -0.461 e. The van der Waals surface area contributed by atoms with Gasteiger partial charge in [-0.1, -0.05) is 0 Å². The van der Waals surface area contributed by atoms with Crippen molar-refractivity contribution >= 4 is 40.5 Å². The summed E-state index contributed by atoms with van der Waals surface area (Å²) >= 11 is 2.15. The summed E-state index contributed by atoms with van der Waals surface area (Å²) < 4.78 is 6.41. The van der Waals surface area contributed by atoms with Crippen molar-refractivity contribution in [3.63, 3.8) is 0 Å². The maximum Gasteiger partial charge on any atom is 0.297 e. The molecule has 2 N–H and O–H groups in total. The fourth-order valence-electron chi connectivity index (χ4n) is 1.39. The van der Waals surface area contributed by atoms with E-state index in [2.05, 4.69) is 27.6 Å². The van der Waals surface area contributed by atoms with Gasteiger partial charge >= 0.3 is 0 Å². The second-order valence-electron chi connectivity index (χ2n) is 3.43. The first-order valence-corrected chi connectivity index (χ1v) is 5.67. The number of hydrogen-bond donors (Lipinski definition) is 1. The number of guanidine groups is 1. The molecule has 0 atom stereocenters. The van der Waals surface area contributed by atoms with E-state index in [4.69, 9.17) is 10.2 Å². The van der Waals surface area contributed by atoms with Crippen LogP contribution in [-0.2, 0) is 4.79 Å². The molecule has 84 valence electrons. The number of aryl methyl sites for hydroxylation is 1. The van der Waals surface area contributed by atoms with E-state index in [1.807, 2.05) is 13.0 Å². The smallest absolute Gasteiger partial charge is 0.297 e. The molecule has 1 aromatic heterocycles. The molecule has 1 aliphatic heterocycles. The van der Waals surface area contributed by atoms with Crippen LogP contribution in [0.3, 0.4) is 0 Å². The highest BCUT2D eigenvalue weighted by atomic mass is 127. The molecule has 16 heavy (non-hydrogen) atoms. The van der Waals surface area contributed by atoms with Gasteiger partial charge in [0, 0.05) is 13.1 Å². The number of nitrogens with two attached hydrogens (primary N) is 1. The quantitative estimate of drug-likeness (QED) is 0.622. The molecule has 1 aliphatic rings. The minimum atomic E-state index is -0.343. The molecular weight excluding hydrogens is 321 g/mol. The number of likely N-dealkylation sites (N-methyl/N-ethyl adjacent to an activating group) is 1. The third kappa shape index (κ3) is 1.84. The van der Waals surface area contributed by atoms with Crippen LogP contribution in [0.1, 0.15) is 11.5 Å². The first-order chi connectivity index (χ1) is 7.49. The van der Waals surface area contributed by atoms with Crippen molar-refractivity contribution in [2.24, 2.45) is 10.7 Å². The summed E-state index contributed by atoms with van der Waals surface area (Å²) in [5.74, 6) is 1.32. The Kier molecular flexibility index (Phi) is 2.75. The highest BCUT2D eigenvalue weighted by Gasteiger charge is 2.25. The molecule has 1 aromatic rings. The van der Waals surface area contributed by atoms with Gasteiger partial charge < -0.3 is 15.1 Å². The number of nitrogens with zero attached hydrogens (tertiary/aromatic N) is 2. The Morgan fingerprint density at radius 2 is 2.31 bits per heavy atom. The van der Waals surface area contributed by atoms with Gasteiger partial charge in [0.15, 0.2) is 0 Å². The van der Waals surface area contributed by atoms with E-state index >= 15 is 0 Å². The molecule has 2 heterocycles. The van der Waals surface area contributed by atoms with Gasteiger partial charge in [-0.25, -0.2) is 0 Å². The number of aliphatic imine (C=N–C) groups is 1. The molecular formula is C10H10IN3O2. The number of amides is 1. The molecule has 0 aliphatic carbocycles. The van der Waals surface area contributed by atoms with Gasteiger partial charge in [-0.15, -0.1) is 0 Å². The average molecular weight is 331 g/mol. The summed E-state index contributed by atoms with van der Waals surface area (Å²) in [5.41, 5.74) is 5.96. The molecule has 5 nitrogen and oxygen atoms in total. The van der Waals surface area contributed by atoms with Crippen molar-refractivity contribution in [3.8, 4) is 0 Å². The topological polar surface area (TPSA) is 71.8 Å². The van der Waals surface area contributed by atoms with Crippen LogP contribution in [0.4, 0.5) is 0 Å².